The molecule has 0 atom stereocenters. The summed E-state index contributed by atoms with van der Waals surface area (Å²) in [5, 5.41) is 3.00. The monoisotopic (exact) mass is 243 g/mol. The Balaban J connectivity index is 3.55. The molecule has 0 aliphatic heterocycles. The van der Waals surface area contributed by atoms with Gasteiger partial charge >= 0.3 is 0 Å². The minimum absolute atomic E-state index is 0.106. The third kappa shape index (κ3) is 10.3. The minimum atomic E-state index is -0.162. The molecule has 17 heavy (non-hydrogen) atoms. The number of rotatable bonds is 9. The van der Waals surface area contributed by atoms with Crippen LogP contribution in [0.3, 0.4) is 0 Å². The lowest BCUT2D eigenvalue weighted by Crippen LogP contribution is -2.43. The van der Waals surface area contributed by atoms with Crippen LogP contribution >= 0.6 is 0 Å². The summed E-state index contributed by atoms with van der Waals surface area (Å²) in [5.41, 5.74) is -0.162. The number of ether oxygens (including phenoxy) is 1. The van der Waals surface area contributed by atoms with Crippen molar-refractivity contribution < 1.29 is 9.53 Å². The van der Waals surface area contributed by atoms with Crippen LogP contribution in [0.15, 0.2) is 0 Å². The van der Waals surface area contributed by atoms with Crippen LogP contribution in [0.1, 0.15) is 60.3 Å². The Hall–Kier alpha value is -0.570. The second-order valence-electron chi connectivity index (χ2n) is 5.68. The molecule has 0 aromatic carbocycles. The number of carbonyl (C=O) groups is 1. The average Bonchev–Trinajstić information content (AvgIpc) is 2.22. The highest BCUT2D eigenvalue weighted by molar-refractivity contribution is 5.76. The van der Waals surface area contributed by atoms with Crippen molar-refractivity contribution in [3.05, 3.63) is 0 Å². The van der Waals surface area contributed by atoms with Gasteiger partial charge in [-0.15, -0.1) is 0 Å². The van der Waals surface area contributed by atoms with Crippen LogP contribution in [0, 0.1) is 5.92 Å². The molecule has 0 bridgehead atoms. The maximum absolute atomic E-state index is 11.3. The van der Waals surface area contributed by atoms with Gasteiger partial charge in [-0.05, 0) is 39.0 Å². The summed E-state index contributed by atoms with van der Waals surface area (Å²) in [6.45, 7) is 11.9. The molecule has 0 spiro atoms. The molecule has 0 unspecified atom stereocenters. The predicted octanol–water partition coefficient (Wildman–Crippen LogP) is 3.13. The van der Waals surface area contributed by atoms with E-state index in [4.69, 9.17) is 4.74 Å². The van der Waals surface area contributed by atoms with Gasteiger partial charge < -0.3 is 10.1 Å². The van der Waals surface area contributed by atoms with Crippen LogP contribution in [-0.4, -0.2) is 24.7 Å². The van der Waals surface area contributed by atoms with E-state index >= 15 is 0 Å². The summed E-state index contributed by atoms with van der Waals surface area (Å²) < 4.78 is 5.58. The molecule has 0 heterocycles. The molecule has 0 radical (unpaired) electrons. The number of carbonyl (C=O) groups excluding carboxylic acids is 1. The molecule has 1 amide bonds. The van der Waals surface area contributed by atoms with Crippen molar-refractivity contribution in [3.8, 4) is 0 Å². The molecule has 0 saturated carbocycles. The highest BCUT2D eigenvalue weighted by atomic mass is 16.5. The summed E-state index contributed by atoms with van der Waals surface area (Å²) in [7, 11) is 0. The van der Waals surface area contributed by atoms with E-state index in [9.17, 15) is 4.79 Å². The van der Waals surface area contributed by atoms with Crippen LogP contribution in [-0.2, 0) is 9.53 Å². The smallest absolute Gasteiger partial charge is 0.220 e. The summed E-state index contributed by atoms with van der Waals surface area (Å²) in [5.74, 6) is 0.855. The topological polar surface area (TPSA) is 38.3 Å². The number of nitrogens with one attached hydrogen (secondary N) is 1. The highest BCUT2D eigenvalue weighted by Gasteiger charge is 2.18. The fourth-order valence-corrected chi connectivity index (χ4v) is 1.55. The first-order valence-corrected chi connectivity index (χ1v) is 6.76. The first-order chi connectivity index (χ1) is 7.87. The number of hydrogen-bond donors (Lipinski definition) is 1. The third-order valence-electron chi connectivity index (χ3n) is 2.74. The minimum Gasteiger partial charge on any atom is -0.381 e. The summed E-state index contributed by atoms with van der Waals surface area (Å²) in [4.78, 5) is 11.3. The predicted molar refractivity (Wildman–Crippen MR) is 72.0 cm³/mol. The molecule has 0 fully saturated rings. The Morgan fingerprint density at radius 3 is 2.47 bits per heavy atom. The quantitative estimate of drug-likeness (QED) is 0.632. The van der Waals surface area contributed by atoms with Crippen molar-refractivity contribution in [2.75, 3.05) is 13.2 Å². The molecule has 102 valence electrons. The van der Waals surface area contributed by atoms with Gasteiger partial charge in [-0.25, -0.2) is 0 Å². The van der Waals surface area contributed by atoms with Gasteiger partial charge in [0.05, 0.1) is 0 Å². The van der Waals surface area contributed by atoms with Gasteiger partial charge in [-0.1, -0.05) is 20.8 Å². The van der Waals surface area contributed by atoms with Crippen molar-refractivity contribution in [1.82, 2.24) is 5.32 Å². The van der Waals surface area contributed by atoms with E-state index in [0.717, 1.165) is 32.0 Å². The van der Waals surface area contributed by atoms with Gasteiger partial charge in [0.15, 0.2) is 0 Å². The van der Waals surface area contributed by atoms with E-state index in [-0.39, 0.29) is 11.4 Å². The van der Waals surface area contributed by atoms with Gasteiger partial charge in [0.1, 0.15) is 0 Å². The standard InChI is InChI=1S/C14H29NO2/c1-6-13(16)15-14(4,5)9-11-17-10-7-8-12(2)3/h12H,6-11H2,1-5H3,(H,15,16). The van der Waals surface area contributed by atoms with E-state index < -0.39 is 0 Å². The zero-order valence-electron chi connectivity index (χ0n) is 12.1. The van der Waals surface area contributed by atoms with Crippen LogP contribution < -0.4 is 5.32 Å². The first-order valence-electron chi connectivity index (χ1n) is 6.76. The average molecular weight is 243 g/mol. The first kappa shape index (κ1) is 16.4. The van der Waals surface area contributed by atoms with Gasteiger partial charge in [-0.3, -0.25) is 4.79 Å². The van der Waals surface area contributed by atoms with Gasteiger partial charge in [-0.2, -0.15) is 0 Å². The molecule has 0 aliphatic rings. The SMILES string of the molecule is CCC(=O)NC(C)(C)CCOCCCC(C)C. The second-order valence-corrected chi connectivity index (χ2v) is 5.68. The highest BCUT2D eigenvalue weighted by Crippen LogP contribution is 2.09. The molecule has 0 rings (SSSR count). The van der Waals surface area contributed by atoms with E-state index in [1.54, 1.807) is 0 Å². The van der Waals surface area contributed by atoms with Gasteiger partial charge in [0.25, 0.3) is 0 Å². The normalized spacial score (nSPS) is 11.9. The molecule has 0 aromatic rings. The largest absolute Gasteiger partial charge is 0.381 e. The van der Waals surface area contributed by atoms with Crippen LogP contribution in [0.4, 0.5) is 0 Å². The molecule has 0 aliphatic carbocycles. The van der Waals surface area contributed by atoms with Gasteiger partial charge in [0.2, 0.25) is 5.91 Å². The maximum atomic E-state index is 11.3. The number of amides is 1. The lowest BCUT2D eigenvalue weighted by Gasteiger charge is -2.26. The summed E-state index contributed by atoms with van der Waals surface area (Å²) >= 11 is 0. The van der Waals surface area contributed by atoms with Crippen molar-refractivity contribution in [2.45, 2.75) is 65.8 Å². The lowest BCUT2D eigenvalue weighted by molar-refractivity contribution is -0.122. The Morgan fingerprint density at radius 1 is 1.29 bits per heavy atom. The zero-order valence-corrected chi connectivity index (χ0v) is 12.1. The third-order valence-corrected chi connectivity index (χ3v) is 2.74. The van der Waals surface area contributed by atoms with Gasteiger partial charge in [0, 0.05) is 25.2 Å². The molecular weight excluding hydrogens is 214 g/mol. The fraction of sp³-hybridized carbons (Fsp3) is 0.929. The van der Waals surface area contributed by atoms with Crippen molar-refractivity contribution in [1.29, 1.82) is 0 Å². The fourth-order valence-electron chi connectivity index (χ4n) is 1.55. The van der Waals surface area contributed by atoms with Crippen LogP contribution in [0.25, 0.3) is 0 Å². The molecule has 0 saturated heterocycles. The zero-order chi connectivity index (χ0) is 13.3. The summed E-state index contributed by atoms with van der Waals surface area (Å²) in [6, 6.07) is 0. The van der Waals surface area contributed by atoms with E-state index in [0.29, 0.717) is 6.42 Å². The molecule has 1 N–H and O–H groups in total. The molecule has 0 aromatic heterocycles. The Morgan fingerprint density at radius 2 is 1.94 bits per heavy atom. The Bertz CT molecular complexity index is 212. The molecule has 3 nitrogen and oxygen atoms in total. The van der Waals surface area contributed by atoms with E-state index in [1.165, 1.54) is 6.42 Å². The van der Waals surface area contributed by atoms with Crippen molar-refractivity contribution >= 4 is 5.91 Å². The van der Waals surface area contributed by atoms with Crippen LogP contribution in [0.2, 0.25) is 0 Å². The number of hydrogen-bond acceptors (Lipinski definition) is 2. The molecule has 3 heteroatoms. The Kier molecular flexibility index (Phi) is 8.23. The van der Waals surface area contributed by atoms with Crippen LogP contribution in [0.5, 0.6) is 0 Å². The second kappa shape index (κ2) is 8.51. The molecular formula is C14H29NO2. The maximum Gasteiger partial charge on any atom is 0.220 e. The van der Waals surface area contributed by atoms with Crippen molar-refractivity contribution in [2.24, 2.45) is 5.92 Å². The summed E-state index contributed by atoms with van der Waals surface area (Å²) in [6.07, 6.45) is 3.74. The van der Waals surface area contributed by atoms with Crippen molar-refractivity contribution in [3.63, 3.8) is 0 Å². The Labute approximate surface area is 106 Å². The van der Waals surface area contributed by atoms with E-state index in [1.807, 2.05) is 20.8 Å². The lowest BCUT2D eigenvalue weighted by atomic mass is 10.0. The van der Waals surface area contributed by atoms with E-state index in [2.05, 4.69) is 19.2 Å².